The van der Waals surface area contributed by atoms with Gasteiger partial charge < -0.3 is 58.5 Å². The van der Waals surface area contributed by atoms with Crippen LogP contribution in [0.1, 0.15) is 94.9 Å². The number of hydrogen-bond acceptors (Lipinski definition) is 15. The Bertz CT molecular complexity index is 1250. The molecular weight excluding hydrogens is 710 g/mol. The summed E-state index contributed by atoms with van der Waals surface area (Å²) in [6, 6.07) is -0.293. The fourth-order valence-corrected chi connectivity index (χ4v) is 10.3. The molecule has 15 heteroatoms. The maximum absolute atomic E-state index is 14.3. The molecule has 19 atom stereocenters. The summed E-state index contributed by atoms with van der Waals surface area (Å²) in [5, 5.41) is 46.2. The lowest BCUT2D eigenvalue weighted by Gasteiger charge is -2.50. The van der Waals surface area contributed by atoms with Crippen molar-refractivity contribution in [3.63, 3.8) is 0 Å². The molecular formula is C38H67NO13S. The number of methoxy groups -OCH3 is 1. The Balaban J connectivity index is 1.84. The van der Waals surface area contributed by atoms with Gasteiger partial charge in [-0.1, -0.05) is 27.7 Å². The van der Waals surface area contributed by atoms with E-state index >= 15 is 0 Å². The summed E-state index contributed by atoms with van der Waals surface area (Å²) in [5.41, 5.74) is -4.42. The highest BCUT2D eigenvalue weighted by Crippen LogP contribution is 2.46. The molecule has 308 valence electrons. The van der Waals surface area contributed by atoms with E-state index in [9.17, 15) is 30.0 Å². The minimum atomic E-state index is -1.75. The van der Waals surface area contributed by atoms with Crippen LogP contribution in [0.5, 0.6) is 0 Å². The van der Waals surface area contributed by atoms with Crippen molar-refractivity contribution in [2.45, 2.75) is 184 Å². The zero-order chi connectivity index (χ0) is 40.0. The van der Waals surface area contributed by atoms with E-state index in [0.29, 0.717) is 6.42 Å². The number of ether oxygens (including phenoxy) is 7. The monoisotopic (exact) mass is 777 g/mol. The van der Waals surface area contributed by atoms with Crippen LogP contribution in [-0.2, 0) is 38.0 Å². The van der Waals surface area contributed by atoms with Gasteiger partial charge in [-0.3, -0.25) is 4.79 Å². The van der Waals surface area contributed by atoms with Crippen LogP contribution in [0.2, 0.25) is 0 Å². The molecule has 4 N–H and O–H groups in total. The van der Waals surface area contributed by atoms with Crippen LogP contribution in [-0.4, -0.2) is 147 Å². The number of carbonyl (C=O) groups is 2. The molecule has 4 aliphatic heterocycles. The highest BCUT2D eigenvalue weighted by Gasteiger charge is 2.56. The van der Waals surface area contributed by atoms with Gasteiger partial charge in [-0.05, 0) is 92.6 Å². The van der Waals surface area contributed by atoms with Gasteiger partial charge in [0.2, 0.25) is 0 Å². The second kappa shape index (κ2) is 17.2. The van der Waals surface area contributed by atoms with E-state index in [1.165, 1.54) is 14.0 Å². The maximum atomic E-state index is 14.3. The lowest BCUT2D eigenvalue weighted by molar-refractivity contribution is -0.318. The van der Waals surface area contributed by atoms with Crippen molar-refractivity contribution in [3.8, 4) is 0 Å². The standard InChI is InChI=1S/C38H67NO13S/c1-14-25-38(10,45)32-22(6)29(53-35(43)52-32)18(2)16-36(8,44)31(51-34-27(40)24(39(11)12)15-19(3)47-34)20(4)28(21(5)33(42)49-25)50-26-17-37(9,46-13)30(41)23(7)48-26/h18-32,34,40-41,44-45H,14-17H2,1-13H3/t18-,19-,20+,21-,22+,23+,24+,25-,26+,27-,28+,29-,30+,31-,32-,34+,36+,37-,38-/m1/s1. The Labute approximate surface area is 319 Å². The van der Waals surface area contributed by atoms with Gasteiger partial charge in [-0.15, -0.1) is 0 Å². The van der Waals surface area contributed by atoms with Crippen molar-refractivity contribution in [2.75, 3.05) is 21.2 Å². The molecule has 0 spiro atoms. The number of esters is 1. The molecule has 4 saturated heterocycles. The van der Waals surface area contributed by atoms with Crippen LogP contribution in [0.3, 0.4) is 0 Å². The summed E-state index contributed by atoms with van der Waals surface area (Å²) in [5.74, 6) is -3.18. The third kappa shape index (κ3) is 9.38. The second-order valence-electron chi connectivity index (χ2n) is 17.1. The first-order valence-corrected chi connectivity index (χ1v) is 20.1. The number of carbonyl (C=O) groups excluding carboxylic acids is 2. The molecule has 53 heavy (non-hydrogen) atoms. The largest absolute Gasteiger partial charge is 0.459 e. The Morgan fingerprint density at radius 2 is 1.57 bits per heavy atom. The van der Waals surface area contributed by atoms with Gasteiger partial charge in [0, 0.05) is 36.7 Å². The molecule has 4 heterocycles. The van der Waals surface area contributed by atoms with E-state index in [1.807, 2.05) is 46.7 Å². The number of likely N-dealkylation sites (N-methyl/N-ethyl adjacent to an activating group) is 1. The smallest absolute Gasteiger partial charge is 0.367 e. The van der Waals surface area contributed by atoms with Crippen molar-refractivity contribution < 1.29 is 63.2 Å². The van der Waals surface area contributed by atoms with E-state index in [0.717, 1.165) is 11.8 Å². The average molecular weight is 778 g/mol. The molecule has 14 nitrogen and oxygen atoms in total. The number of hydrogen-bond donors (Lipinski definition) is 4. The Hall–Kier alpha value is -1.11. The summed E-state index contributed by atoms with van der Waals surface area (Å²) in [6.45, 7) is 17.6. The molecule has 0 aliphatic carbocycles. The number of cyclic esters (lactones) is 1. The fourth-order valence-electron chi connectivity index (χ4n) is 9.26. The van der Waals surface area contributed by atoms with Crippen LogP contribution >= 0.6 is 11.8 Å². The zero-order valence-electron chi connectivity index (χ0n) is 33.9. The highest BCUT2D eigenvalue weighted by molar-refractivity contribution is 8.13. The topological polar surface area (TPSA) is 183 Å². The number of aliphatic hydroxyl groups excluding tert-OH is 2. The quantitative estimate of drug-likeness (QED) is 0.276. The first kappa shape index (κ1) is 44.6. The Morgan fingerprint density at radius 1 is 0.925 bits per heavy atom. The van der Waals surface area contributed by atoms with Crippen molar-refractivity contribution in [1.82, 2.24) is 4.90 Å². The van der Waals surface area contributed by atoms with E-state index in [1.54, 1.807) is 34.6 Å². The minimum Gasteiger partial charge on any atom is -0.459 e. The number of nitrogens with zero attached hydrogens (tertiary/aromatic N) is 1. The predicted molar refractivity (Wildman–Crippen MR) is 197 cm³/mol. The van der Waals surface area contributed by atoms with Gasteiger partial charge in [0.25, 0.3) is 0 Å². The fraction of sp³-hybridized carbons (Fsp3) is 0.947. The molecule has 0 saturated carbocycles. The van der Waals surface area contributed by atoms with Gasteiger partial charge in [-0.2, -0.15) is 0 Å². The van der Waals surface area contributed by atoms with E-state index in [2.05, 4.69) is 0 Å². The lowest BCUT2D eigenvalue weighted by atomic mass is 9.74. The second-order valence-corrected chi connectivity index (χ2v) is 18.3. The van der Waals surface area contributed by atoms with Gasteiger partial charge in [0.1, 0.15) is 30.0 Å². The van der Waals surface area contributed by atoms with Crippen LogP contribution in [0, 0.1) is 23.7 Å². The van der Waals surface area contributed by atoms with Crippen LogP contribution in [0.15, 0.2) is 0 Å². The van der Waals surface area contributed by atoms with Gasteiger partial charge in [0.05, 0.1) is 41.5 Å². The van der Waals surface area contributed by atoms with E-state index in [4.69, 9.17) is 33.2 Å². The summed E-state index contributed by atoms with van der Waals surface area (Å²) in [7, 11) is 5.26. The summed E-state index contributed by atoms with van der Waals surface area (Å²) >= 11 is 1.02. The molecule has 0 radical (unpaired) electrons. The molecule has 4 fully saturated rings. The van der Waals surface area contributed by atoms with Crippen molar-refractivity contribution in [3.05, 3.63) is 0 Å². The molecule has 4 aliphatic rings. The SMILES string of the molecule is CC[C@H]1OC(=O)[C@H](C)[C@@H](O[C@H]2C[C@@](C)(OC)[C@@H](O)[C@H](C)O2)[C@H](C)[C@@H](O[C@@H]2O[C@H](C)C[C@H](N(C)C)[C@H]2O)[C@@](C)(O)C[C@@H](C)[C@H]2SC(=O)O[C@H]([C@H]2C)[C@]1(C)O. The minimum absolute atomic E-state index is 0.127. The first-order chi connectivity index (χ1) is 24.5. The Morgan fingerprint density at radius 3 is 2.15 bits per heavy atom. The predicted octanol–water partition coefficient (Wildman–Crippen LogP) is 3.48. The summed E-state index contributed by atoms with van der Waals surface area (Å²) < 4.78 is 43.4. The molecule has 0 aromatic carbocycles. The van der Waals surface area contributed by atoms with Crippen molar-refractivity contribution >= 4 is 23.0 Å². The number of rotatable bonds is 7. The summed E-state index contributed by atoms with van der Waals surface area (Å²) in [4.78, 5) is 29.3. The average Bonchev–Trinajstić information content (AvgIpc) is 3.07. The zero-order valence-corrected chi connectivity index (χ0v) is 34.7. The van der Waals surface area contributed by atoms with Crippen molar-refractivity contribution in [2.24, 2.45) is 23.7 Å². The number of thioether (sulfide) groups is 1. The number of aliphatic hydroxyl groups is 4. The lowest BCUT2D eigenvalue weighted by Crippen LogP contribution is -2.62. The van der Waals surface area contributed by atoms with Crippen LogP contribution < -0.4 is 0 Å². The molecule has 0 unspecified atom stereocenters. The van der Waals surface area contributed by atoms with Crippen LogP contribution in [0.4, 0.5) is 4.79 Å². The molecule has 0 aromatic rings. The van der Waals surface area contributed by atoms with Gasteiger partial charge >= 0.3 is 11.3 Å². The molecule has 0 amide bonds. The van der Waals surface area contributed by atoms with Gasteiger partial charge in [-0.25, -0.2) is 4.79 Å². The van der Waals surface area contributed by atoms with Gasteiger partial charge in [0.15, 0.2) is 12.6 Å². The third-order valence-corrected chi connectivity index (χ3v) is 13.9. The normalized spacial score (nSPS) is 50.6. The number of fused-ring (bicyclic) bond motifs is 2. The van der Waals surface area contributed by atoms with Crippen molar-refractivity contribution in [1.29, 1.82) is 0 Å². The first-order valence-electron chi connectivity index (χ1n) is 19.2. The molecule has 4 rings (SSSR count). The van der Waals surface area contributed by atoms with E-state index in [-0.39, 0.29) is 48.5 Å². The summed E-state index contributed by atoms with van der Waals surface area (Å²) in [6.07, 6.45) is -8.17. The third-order valence-electron chi connectivity index (χ3n) is 12.4. The highest BCUT2D eigenvalue weighted by atomic mass is 32.2. The van der Waals surface area contributed by atoms with E-state index < -0.39 is 95.2 Å². The Kier molecular flexibility index (Phi) is 14.4. The van der Waals surface area contributed by atoms with Crippen LogP contribution in [0.25, 0.3) is 0 Å². The molecule has 0 aromatic heterocycles. The molecule has 2 bridgehead atoms. The maximum Gasteiger partial charge on any atom is 0.367 e.